The molecule has 0 aromatic carbocycles. The van der Waals surface area contributed by atoms with Gasteiger partial charge in [-0.2, -0.15) is 0 Å². The van der Waals surface area contributed by atoms with Crippen LogP contribution >= 0.6 is 0 Å². The van der Waals surface area contributed by atoms with E-state index >= 15 is 0 Å². The molecule has 10 unspecified atom stereocenters. The molecule has 0 bridgehead atoms. The molecule has 0 aromatic heterocycles. The maximum atomic E-state index is 12.6. The topological polar surface area (TPSA) is 146 Å². The lowest BCUT2D eigenvalue weighted by Gasteiger charge is -2.32. The summed E-state index contributed by atoms with van der Waals surface area (Å²) >= 11 is 0. The van der Waals surface area contributed by atoms with Crippen LogP contribution in [0.25, 0.3) is 0 Å². The number of cyclic esters (lactones) is 1. The molecule has 39 heavy (non-hydrogen) atoms. The molecular formula is C30H48O9. The Kier molecular flexibility index (Phi) is 11.9. The van der Waals surface area contributed by atoms with Gasteiger partial charge in [-0.25, -0.2) is 0 Å². The largest absolute Gasteiger partial charge is 0.457 e. The van der Waals surface area contributed by atoms with Crippen LogP contribution in [0.3, 0.4) is 0 Å². The zero-order valence-electron chi connectivity index (χ0n) is 24.4. The highest BCUT2D eigenvalue weighted by Gasteiger charge is 2.47. The average Bonchev–Trinajstić information content (AvgIpc) is 3.59. The summed E-state index contributed by atoms with van der Waals surface area (Å²) in [5.41, 5.74) is -1.87. The van der Waals surface area contributed by atoms with E-state index in [1.54, 1.807) is 44.2 Å². The van der Waals surface area contributed by atoms with E-state index in [1.807, 2.05) is 20.8 Å². The molecule has 10 atom stereocenters. The number of esters is 2. The first kappa shape index (κ1) is 33.2. The van der Waals surface area contributed by atoms with Crippen molar-refractivity contribution in [3.05, 3.63) is 36.0 Å². The Hall–Kier alpha value is -2.04. The molecule has 1 fully saturated rings. The summed E-state index contributed by atoms with van der Waals surface area (Å²) in [5.74, 6) is -1.46. The highest BCUT2D eigenvalue weighted by Crippen LogP contribution is 2.37. The third kappa shape index (κ3) is 10.5. The van der Waals surface area contributed by atoms with Crippen LogP contribution in [0.5, 0.6) is 0 Å². The van der Waals surface area contributed by atoms with Crippen molar-refractivity contribution in [3.63, 3.8) is 0 Å². The van der Waals surface area contributed by atoms with Crippen LogP contribution < -0.4 is 0 Å². The van der Waals surface area contributed by atoms with Gasteiger partial charge in [-0.15, -0.1) is 0 Å². The molecule has 2 heterocycles. The van der Waals surface area contributed by atoms with Crippen LogP contribution in [0.4, 0.5) is 0 Å². The number of carbonyl (C=O) groups is 2. The lowest BCUT2D eigenvalue weighted by atomic mass is 9.88. The third-order valence-electron chi connectivity index (χ3n) is 7.66. The summed E-state index contributed by atoms with van der Waals surface area (Å²) in [6.07, 6.45) is 6.23. The molecule has 2 rings (SSSR count). The monoisotopic (exact) mass is 552 g/mol. The molecule has 9 nitrogen and oxygen atoms in total. The molecule has 222 valence electrons. The number of rotatable bonds is 9. The first-order valence-electron chi connectivity index (χ1n) is 13.9. The van der Waals surface area contributed by atoms with Gasteiger partial charge < -0.3 is 34.6 Å². The molecular weight excluding hydrogens is 504 g/mol. The van der Waals surface area contributed by atoms with Crippen LogP contribution in [0.1, 0.15) is 80.6 Å². The number of hydrogen-bond donors (Lipinski definition) is 4. The van der Waals surface area contributed by atoms with Crippen molar-refractivity contribution in [3.8, 4) is 0 Å². The van der Waals surface area contributed by atoms with E-state index < -0.39 is 47.6 Å². The van der Waals surface area contributed by atoms with E-state index in [0.29, 0.717) is 18.4 Å². The van der Waals surface area contributed by atoms with Crippen LogP contribution in [0, 0.1) is 11.8 Å². The van der Waals surface area contributed by atoms with Gasteiger partial charge in [0.2, 0.25) is 0 Å². The Labute approximate surface area is 232 Å². The Bertz CT molecular complexity index is 919. The average molecular weight is 553 g/mol. The Balaban J connectivity index is 2.18. The second-order valence-electron chi connectivity index (χ2n) is 11.7. The van der Waals surface area contributed by atoms with E-state index in [2.05, 4.69) is 0 Å². The van der Waals surface area contributed by atoms with Gasteiger partial charge in [0.1, 0.15) is 17.8 Å². The molecule has 2 aliphatic heterocycles. The Morgan fingerprint density at radius 2 is 2.00 bits per heavy atom. The van der Waals surface area contributed by atoms with Gasteiger partial charge >= 0.3 is 11.9 Å². The maximum absolute atomic E-state index is 12.6. The van der Waals surface area contributed by atoms with Crippen molar-refractivity contribution in [2.75, 3.05) is 0 Å². The molecule has 0 saturated carbocycles. The van der Waals surface area contributed by atoms with Crippen LogP contribution in [-0.4, -0.2) is 80.2 Å². The molecule has 0 amide bonds. The normalized spacial score (nSPS) is 36.6. The summed E-state index contributed by atoms with van der Waals surface area (Å²) in [7, 11) is 0. The fourth-order valence-electron chi connectivity index (χ4n) is 4.98. The molecule has 0 aromatic rings. The summed E-state index contributed by atoms with van der Waals surface area (Å²) in [6.45, 7) is 12.0. The summed E-state index contributed by atoms with van der Waals surface area (Å²) in [5, 5.41) is 42.2. The molecule has 4 N–H and O–H groups in total. The second-order valence-corrected chi connectivity index (χ2v) is 11.7. The third-order valence-corrected chi connectivity index (χ3v) is 7.66. The highest BCUT2D eigenvalue weighted by molar-refractivity contribution is 5.70. The van der Waals surface area contributed by atoms with E-state index in [-0.39, 0.29) is 43.3 Å². The van der Waals surface area contributed by atoms with Crippen molar-refractivity contribution in [2.45, 2.75) is 128 Å². The fraction of sp³-hybridized carbons (Fsp3) is 0.733. The van der Waals surface area contributed by atoms with Crippen LogP contribution in [-0.2, 0) is 23.8 Å². The highest BCUT2D eigenvalue weighted by atomic mass is 16.6. The lowest BCUT2D eigenvalue weighted by molar-refractivity contribution is -0.157. The Morgan fingerprint density at radius 1 is 1.33 bits per heavy atom. The van der Waals surface area contributed by atoms with Crippen molar-refractivity contribution in [1.29, 1.82) is 0 Å². The first-order valence-corrected chi connectivity index (χ1v) is 13.9. The number of hydrogen-bond acceptors (Lipinski definition) is 9. The minimum atomic E-state index is -1.43. The summed E-state index contributed by atoms with van der Waals surface area (Å²) in [4.78, 5) is 24.3. The molecule has 1 saturated heterocycles. The second kappa shape index (κ2) is 14.0. The standard InChI is InChI=1S/C30H48O9/c1-8-23(33)20(4)28-24(38-28)17-29(6,35)14-9-10-18(2)27-19(3)11-12-25(37-21(5)31)30(7,36)15-13-22(32)16-26(34)39-27/h9-12,14,19-20,22-25,27-28,32-33,35-36H,8,13,15-17H2,1-7H3/b12-11+,14-9+,18-10+. The zero-order chi connectivity index (χ0) is 29.5. The van der Waals surface area contributed by atoms with Gasteiger partial charge in [0.25, 0.3) is 0 Å². The van der Waals surface area contributed by atoms with Crippen LogP contribution in [0.2, 0.25) is 0 Å². The quantitative estimate of drug-likeness (QED) is 0.147. The van der Waals surface area contributed by atoms with Gasteiger partial charge in [-0.3, -0.25) is 9.59 Å². The minimum Gasteiger partial charge on any atom is -0.457 e. The number of ether oxygens (including phenoxy) is 3. The Morgan fingerprint density at radius 3 is 2.62 bits per heavy atom. The zero-order valence-corrected chi connectivity index (χ0v) is 24.4. The van der Waals surface area contributed by atoms with E-state index in [0.717, 1.165) is 0 Å². The lowest BCUT2D eigenvalue weighted by Crippen LogP contribution is -2.42. The smallest absolute Gasteiger partial charge is 0.309 e. The molecule has 0 spiro atoms. The van der Waals surface area contributed by atoms with Gasteiger partial charge in [-0.05, 0) is 51.7 Å². The summed E-state index contributed by atoms with van der Waals surface area (Å²) < 4.78 is 16.8. The van der Waals surface area contributed by atoms with Crippen LogP contribution in [0.15, 0.2) is 36.0 Å². The van der Waals surface area contributed by atoms with Crippen molar-refractivity contribution < 1.29 is 44.2 Å². The summed E-state index contributed by atoms with van der Waals surface area (Å²) in [6, 6.07) is 0. The van der Waals surface area contributed by atoms with Gasteiger partial charge in [0, 0.05) is 25.2 Å². The number of allylic oxidation sites excluding steroid dienone is 2. The first-order chi connectivity index (χ1) is 18.1. The van der Waals surface area contributed by atoms with Gasteiger partial charge in [0.05, 0.1) is 36.4 Å². The van der Waals surface area contributed by atoms with Crippen molar-refractivity contribution in [2.24, 2.45) is 11.8 Å². The predicted octanol–water partition coefficient (Wildman–Crippen LogP) is 3.14. The maximum Gasteiger partial charge on any atom is 0.309 e. The number of epoxide rings is 1. The van der Waals surface area contributed by atoms with Crippen molar-refractivity contribution in [1.82, 2.24) is 0 Å². The minimum absolute atomic E-state index is 0.00472. The number of carbonyl (C=O) groups excluding carboxylic acids is 2. The molecule has 2 aliphatic rings. The van der Waals surface area contributed by atoms with Gasteiger partial charge in [0.15, 0.2) is 0 Å². The van der Waals surface area contributed by atoms with Crippen molar-refractivity contribution >= 4 is 11.9 Å². The predicted molar refractivity (Wildman–Crippen MR) is 146 cm³/mol. The van der Waals surface area contributed by atoms with E-state index in [1.165, 1.54) is 13.8 Å². The number of aliphatic hydroxyl groups is 4. The number of aliphatic hydroxyl groups excluding tert-OH is 2. The molecule has 9 heteroatoms. The van der Waals surface area contributed by atoms with E-state index in [4.69, 9.17) is 14.2 Å². The van der Waals surface area contributed by atoms with E-state index in [9.17, 15) is 30.0 Å². The molecule has 0 radical (unpaired) electrons. The van der Waals surface area contributed by atoms with Gasteiger partial charge in [-0.1, -0.05) is 45.1 Å². The fourth-order valence-corrected chi connectivity index (χ4v) is 4.98. The molecule has 0 aliphatic carbocycles. The SMILES string of the molecule is CCC(O)C(C)C1OC1CC(C)(O)/C=C/C=C(\C)C1OC(=O)CC(O)CCC(C)(O)C(OC(C)=O)/C=C/C1C.